The van der Waals surface area contributed by atoms with Crippen LogP contribution >= 0.6 is 0 Å². The van der Waals surface area contributed by atoms with Crippen molar-refractivity contribution in [1.82, 2.24) is 4.72 Å². The molecule has 5 aromatic rings. The molecule has 0 aromatic heterocycles. The molecule has 0 bridgehead atoms. The van der Waals surface area contributed by atoms with Gasteiger partial charge in [0.05, 0.1) is 16.4 Å². The molecule has 0 aliphatic heterocycles. The van der Waals surface area contributed by atoms with E-state index in [1.54, 1.807) is 36.4 Å². The molecule has 0 amide bonds. The molecule has 5 aromatic carbocycles. The summed E-state index contributed by atoms with van der Waals surface area (Å²) in [6.45, 7) is 4.05. The van der Waals surface area contributed by atoms with Crippen molar-refractivity contribution in [2.24, 2.45) is 4.99 Å². The highest BCUT2D eigenvalue weighted by atomic mass is 32.2. The largest absolute Gasteiger partial charge is 0.269 e. The van der Waals surface area contributed by atoms with Crippen molar-refractivity contribution in [3.8, 4) is 0 Å². The molecule has 216 valence electrons. The summed E-state index contributed by atoms with van der Waals surface area (Å²) in [5.74, 6) is 0.169. The van der Waals surface area contributed by atoms with Crippen molar-refractivity contribution in [2.45, 2.75) is 30.7 Å². The molecule has 8 heteroatoms. The molecular weight excluding hydrogens is 558 g/mol. The lowest BCUT2D eigenvalue weighted by molar-refractivity contribution is -0.384. The first kappa shape index (κ1) is 29.4. The lowest BCUT2D eigenvalue weighted by Gasteiger charge is -2.37. The summed E-state index contributed by atoms with van der Waals surface area (Å²) in [5.41, 5.74) is 3.55. The van der Waals surface area contributed by atoms with Gasteiger partial charge in [0.15, 0.2) is 0 Å². The Bertz CT molecular complexity index is 1860. The van der Waals surface area contributed by atoms with Gasteiger partial charge in [0.25, 0.3) is 15.7 Å². The van der Waals surface area contributed by atoms with Crippen LogP contribution in [0.2, 0.25) is 0 Å². The topological polar surface area (TPSA) is 102 Å². The van der Waals surface area contributed by atoms with Crippen LogP contribution in [0.3, 0.4) is 0 Å². The second-order valence-electron chi connectivity index (χ2n) is 10.4. The number of non-ortho nitro benzene ring substituents is 1. The fourth-order valence-electron chi connectivity index (χ4n) is 5.19. The molecule has 0 spiro atoms. The van der Waals surface area contributed by atoms with Gasteiger partial charge in [-0.25, -0.2) is 8.42 Å². The molecule has 0 saturated carbocycles. The lowest BCUT2D eigenvalue weighted by atomic mass is 9.68. The Morgan fingerprint density at radius 3 is 1.91 bits per heavy atom. The third kappa shape index (κ3) is 6.24. The summed E-state index contributed by atoms with van der Waals surface area (Å²) in [5, 5.41) is 11.6. The van der Waals surface area contributed by atoms with Crippen LogP contribution in [-0.2, 0) is 22.0 Å². The number of benzene rings is 5. The fraction of sp³-hybridized carbons (Fsp3) is 0.114. The molecule has 1 atom stereocenters. The summed E-state index contributed by atoms with van der Waals surface area (Å²) in [6, 6.07) is 39.7. The zero-order valence-electron chi connectivity index (χ0n) is 23.8. The zero-order chi connectivity index (χ0) is 30.5. The van der Waals surface area contributed by atoms with E-state index >= 15 is 0 Å². The third-order valence-electron chi connectivity index (χ3n) is 7.35. The van der Waals surface area contributed by atoms with E-state index in [1.807, 2.05) is 98.8 Å². The van der Waals surface area contributed by atoms with Crippen molar-refractivity contribution < 1.29 is 13.3 Å². The van der Waals surface area contributed by atoms with Crippen LogP contribution in [-0.4, -0.2) is 19.2 Å². The number of nitrogens with zero attached hydrogens (tertiary/aromatic N) is 2. The Morgan fingerprint density at radius 2 is 1.30 bits per heavy atom. The number of amidine groups is 1. The number of sulfonamides is 1. The predicted octanol–water partition coefficient (Wildman–Crippen LogP) is 7.12. The quantitative estimate of drug-likeness (QED) is 0.0650. The highest BCUT2D eigenvalue weighted by Crippen LogP contribution is 2.42. The monoisotopic (exact) mass is 589 g/mol. The van der Waals surface area contributed by atoms with Crippen LogP contribution in [0.25, 0.3) is 0 Å². The van der Waals surface area contributed by atoms with Gasteiger partial charge in [0.2, 0.25) is 0 Å². The first-order valence-electron chi connectivity index (χ1n) is 13.8. The van der Waals surface area contributed by atoms with Crippen LogP contribution in [0.15, 0.2) is 143 Å². The van der Waals surface area contributed by atoms with E-state index in [4.69, 9.17) is 4.99 Å². The maximum absolute atomic E-state index is 14.0. The van der Waals surface area contributed by atoms with Crippen LogP contribution in [0, 0.1) is 24.0 Å². The highest BCUT2D eigenvalue weighted by Gasteiger charge is 2.44. The van der Waals surface area contributed by atoms with Crippen molar-refractivity contribution in [3.63, 3.8) is 0 Å². The summed E-state index contributed by atoms with van der Waals surface area (Å²) < 4.78 is 31.0. The van der Waals surface area contributed by atoms with Crippen molar-refractivity contribution in [2.75, 3.05) is 0 Å². The Balaban J connectivity index is 1.84. The van der Waals surface area contributed by atoms with E-state index in [2.05, 4.69) is 4.72 Å². The SMILES string of the molecule is Cc1ccc(S(=O)(=O)NC(=NCc2ccccc2)C(c2ccccc2)(c2ccc([N+](=O)[O-])cc2)c2cccc(C)c2)cc1. The Kier molecular flexibility index (Phi) is 8.50. The van der Waals surface area contributed by atoms with Gasteiger partial charge >= 0.3 is 0 Å². The average Bonchev–Trinajstić information content (AvgIpc) is 3.01. The molecule has 1 N–H and O–H groups in total. The van der Waals surface area contributed by atoms with Crippen molar-refractivity contribution in [1.29, 1.82) is 0 Å². The van der Waals surface area contributed by atoms with E-state index in [0.29, 0.717) is 5.56 Å². The van der Waals surface area contributed by atoms with E-state index in [0.717, 1.165) is 27.8 Å². The normalized spacial score (nSPS) is 13.2. The molecule has 43 heavy (non-hydrogen) atoms. The van der Waals surface area contributed by atoms with Gasteiger partial charge in [-0.3, -0.25) is 19.8 Å². The van der Waals surface area contributed by atoms with Crippen LogP contribution in [0.1, 0.15) is 33.4 Å². The van der Waals surface area contributed by atoms with E-state index in [-0.39, 0.29) is 23.0 Å². The number of nitrogens with one attached hydrogen (secondary N) is 1. The molecule has 0 aliphatic carbocycles. The average molecular weight is 590 g/mol. The van der Waals surface area contributed by atoms with Gasteiger partial charge in [-0.1, -0.05) is 120 Å². The van der Waals surface area contributed by atoms with Crippen LogP contribution < -0.4 is 4.72 Å². The van der Waals surface area contributed by atoms with E-state index in [9.17, 15) is 18.5 Å². The van der Waals surface area contributed by atoms with Gasteiger partial charge in [0.1, 0.15) is 11.3 Å². The Hall–Kier alpha value is -5.08. The number of hydrogen-bond donors (Lipinski definition) is 1. The number of aryl methyl sites for hydroxylation is 2. The molecule has 7 nitrogen and oxygen atoms in total. The molecule has 0 fully saturated rings. The summed E-state index contributed by atoms with van der Waals surface area (Å²) in [7, 11) is -4.11. The minimum Gasteiger partial charge on any atom is -0.266 e. The standard InChI is InChI=1S/C35H31N3O4S/c1-26-16-22-33(23-17-26)43(41,42)37-34(36-25-28-11-5-3-6-12-28)35(29-13-7-4-8-14-29,31-15-9-10-27(2)24-31)30-18-20-32(21-19-30)38(39)40/h3-24H,25H2,1-2H3,(H,36,37). The minimum absolute atomic E-state index is 0.0713. The second kappa shape index (κ2) is 12.4. The van der Waals surface area contributed by atoms with Crippen LogP contribution in [0.4, 0.5) is 5.69 Å². The van der Waals surface area contributed by atoms with Gasteiger partial charge in [-0.15, -0.1) is 0 Å². The molecule has 0 saturated heterocycles. The maximum atomic E-state index is 14.0. The number of rotatable bonds is 9. The molecule has 1 unspecified atom stereocenters. The van der Waals surface area contributed by atoms with Gasteiger partial charge < -0.3 is 0 Å². The van der Waals surface area contributed by atoms with Crippen LogP contribution in [0.5, 0.6) is 0 Å². The highest BCUT2D eigenvalue weighted by molar-refractivity contribution is 7.90. The summed E-state index contributed by atoms with van der Waals surface area (Å²) in [6.07, 6.45) is 0. The minimum atomic E-state index is -4.11. The Morgan fingerprint density at radius 1 is 0.721 bits per heavy atom. The summed E-state index contributed by atoms with van der Waals surface area (Å²) >= 11 is 0. The fourth-order valence-corrected chi connectivity index (χ4v) is 6.28. The summed E-state index contributed by atoms with van der Waals surface area (Å²) in [4.78, 5) is 16.2. The van der Waals surface area contributed by atoms with E-state index in [1.165, 1.54) is 12.1 Å². The lowest BCUT2D eigenvalue weighted by Crippen LogP contribution is -2.48. The molecule has 0 aliphatic rings. The number of hydrogen-bond acceptors (Lipinski definition) is 5. The Labute approximate surface area is 251 Å². The maximum Gasteiger partial charge on any atom is 0.269 e. The smallest absolute Gasteiger partial charge is 0.266 e. The number of aliphatic imine (C=N–C) groups is 1. The molecular formula is C35H31N3O4S. The van der Waals surface area contributed by atoms with Crippen molar-refractivity contribution in [3.05, 3.63) is 177 Å². The van der Waals surface area contributed by atoms with Gasteiger partial charge in [0, 0.05) is 12.1 Å². The first-order chi connectivity index (χ1) is 20.7. The first-order valence-corrected chi connectivity index (χ1v) is 15.2. The van der Waals surface area contributed by atoms with E-state index < -0.39 is 20.4 Å². The zero-order valence-corrected chi connectivity index (χ0v) is 24.7. The predicted molar refractivity (Wildman–Crippen MR) is 170 cm³/mol. The van der Waals surface area contributed by atoms with Crippen molar-refractivity contribution >= 4 is 21.5 Å². The molecule has 0 heterocycles. The van der Waals surface area contributed by atoms with Gasteiger partial charge in [-0.05, 0) is 48.2 Å². The number of nitro benzene ring substituents is 1. The van der Waals surface area contributed by atoms with Gasteiger partial charge in [-0.2, -0.15) is 0 Å². The number of nitro groups is 1. The molecule has 0 radical (unpaired) electrons. The second-order valence-corrected chi connectivity index (χ2v) is 12.0. The molecule has 5 rings (SSSR count). The third-order valence-corrected chi connectivity index (χ3v) is 8.70.